The van der Waals surface area contributed by atoms with Gasteiger partial charge in [-0.25, -0.2) is 4.98 Å². The number of fused-ring (bicyclic) bond motifs is 1. The van der Waals surface area contributed by atoms with Crippen molar-refractivity contribution in [1.82, 2.24) is 14.6 Å². The zero-order chi connectivity index (χ0) is 18.1. The molecule has 26 heavy (non-hydrogen) atoms. The van der Waals surface area contributed by atoms with E-state index in [0.29, 0.717) is 5.65 Å². The standard InChI is InChI=1S/C20H22N4O2/c1-14-3-5-16(6-4-14)26-17-8-11-23(12-9-17)20-15(2)13-18-21-10-7-19(25)24(18)22-20/h3-7,10,13,17H,8-9,11-12H2,1-2H3. The van der Waals surface area contributed by atoms with Crippen LogP contribution < -0.4 is 15.2 Å². The lowest BCUT2D eigenvalue weighted by molar-refractivity contribution is 0.170. The molecule has 6 heteroatoms. The minimum Gasteiger partial charge on any atom is -0.490 e. The Morgan fingerprint density at radius 2 is 1.81 bits per heavy atom. The molecule has 0 spiro atoms. The lowest BCUT2D eigenvalue weighted by Gasteiger charge is -2.33. The number of aryl methyl sites for hydroxylation is 2. The van der Waals surface area contributed by atoms with E-state index in [2.05, 4.69) is 34.0 Å². The van der Waals surface area contributed by atoms with Gasteiger partial charge in [0.15, 0.2) is 11.5 Å². The highest BCUT2D eigenvalue weighted by Gasteiger charge is 2.23. The van der Waals surface area contributed by atoms with Gasteiger partial charge in [-0.05, 0) is 37.6 Å². The smallest absolute Gasteiger partial charge is 0.274 e. The van der Waals surface area contributed by atoms with Crippen LogP contribution >= 0.6 is 0 Å². The molecule has 1 saturated heterocycles. The number of hydrogen-bond donors (Lipinski definition) is 0. The molecular weight excluding hydrogens is 328 g/mol. The van der Waals surface area contributed by atoms with Gasteiger partial charge in [-0.2, -0.15) is 4.52 Å². The van der Waals surface area contributed by atoms with Crippen LogP contribution in [0.4, 0.5) is 5.82 Å². The minimum atomic E-state index is -0.158. The second kappa shape index (κ2) is 6.78. The molecule has 1 fully saturated rings. The van der Waals surface area contributed by atoms with E-state index in [9.17, 15) is 4.79 Å². The molecule has 0 N–H and O–H groups in total. The number of rotatable bonds is 3. The number of anilines is 1. The van der Waals surface area contributed by atoms with Crippen LogP contribution in [0.25, 0.3) is 5.65 Å². The third-order valence-electron chi connectivity index (χ3n) is 4.81. The Balaban J connectivity index is 1.48. The van der Waals surface area contributed by atoms with Gasteiger partial charge in [-0.1, -0.05) is 17.7 Å². The Labute approximate surface area is 152 Å². The van der Waals surface area contributed by atoms with Crippen molar-refractivity contribution in [3.63, 3.8) is 0 Å². The summed E-state index contributed by atoms with van der Waals surface area (Å²) in [7, 11) is 0. The fourth-order valence-electron chi connectivity index (χ4n) is 3.35. The second-order valence-electron chi connectivity index (χ2n) is 6.82. The van der Waals surface area contributed by atoms with Gasteiger partial charge in [-0.3, -0.25) is 4.79 Å². The lowest BCUT2D eigenvalue weighted by Crippen LogP contribution is -2.39. The zero-order valence-electron chi connectivity index (χ0n) is 15.1. The van der Waals surface area contributed by atoms with E-state index in [4.69, 9.17) is 4.74 Å². The summed E-state index contributed by atoms with van der Waals surface area (Å²) in [6, 6.07) is 11.5. The van der Waals surface area contributed by atoms with Crippen LogP contribution in [-0.2, 0) is 0 Å². The molecule has 134 valence electrons. The maximum Gasteiger partial charge on any atom is 0.274 e. The molecule has 6 nitrogen and oxygen atoms in total. The Hall–Kier alpha value is -2.89. The molecule has 2 aromatic heterocycles. The summed E-state index contributed by atoms with van der Waals surface area (Å²) in [6.45, 7) is 5.79. The fourth-order valence-corrected chi connectivity index (χ4v) is 3.35. The second-order valence-corrected chi connectivity index (χ2v) is 6.82. The van der Waals surface area contributed by atoms with Crippen LogP contribution in [0.15, 0.2) is 47.4 Å². The average Bonchev–Trinajstić information content (AvgIpc) is 2.64. The normalized spacial score (nSPS) is 15.4. The highest BCUT2D eigenvalue weighted by atomic mass is 16.5. The Morgan fingerprint density at radius 1 is 1.08 bits per heavy atom. The molecule has 0 atom stereocenters. The van der Waals surface area contributed by atoms with E-state index >= 15 is 0 Å². The Morgan fingerprint density at radius 3 is 2.54 bits per heavy atom. The van der Waals surface area contributed by atoms with Crippen molar-refractivity contribution < 1.29 is 4.74 Å². The van der Waals surface area contributed by atoms with E-state index in [1.54, 1.807) is 0 Å². The number of benzene rings is 1. The first-order valence-corrected chi connectivity index (χ1v) is 8.94. The number of aromatic nitrogens is 3. The summed E-state index contributed by atoms with van der Waals surface area (Å²) in [4.78, 5) is 18.5. The lowest BCUT2D eigenvalue weighted by atomic mass is 10.1. The number of piperidine rings is 1. The Bertz CT molecular complexity index is 973. The number of nitrogens with zero attached hydrogens (tertiary/aromatic N) is 4. The van der Waals surface area contributed by atoms with Crippen molar-refractivity contribution in [2.24, 2.45) is 0 Å². The molecular formula is C20H22N4O2. The summed E-state index contributed by atoms with van der Waals surface area (Å²) in [6.07, 6.45) is 3.58. The first-order chi connectivity index (χ1) is 12.6. The van der Waals surface area contributed by atoms with E-state index in [0.717, 1.165) is 43.1 Å². The number of ether oxygens (including phenoxy) is 1. The molecule has 1 aliphatic heterocycles. The largest absolute Gasteiger partial charge is 0.490 e. The van der Waals surface area contributed by atoms with Gasteiger partial charge in [0.2, 0.25) is 0 Å². The van der Waals surface area contributed by atoms with Crippen LogP contribution in [0.1, 0.15) is 24.0 Å². The quantitative estimate of drug-likeness (QED) is 0.727. The predicted molar refractivity (Wildman–Crippen MR) is 101 cm³/mol. The SMILES string of the molecule is Cc1ccc(OC2CCN(c3nn4c(=O)ccnc4cc3C)CC2)cc1. The number of hydrogen-bond acceptors (Lipinski definition) is 5. The van der Waals surface area contributed by atoms with Crippen LogP contribution in [0.5, 0.6) is 5.75 Å². The average molecular weight is 350 g/mol. The Kier molecular flexibility index (Phi) is 4.32. The topological polar surface area (TPSA) is 59.7 Å². The molecule has 4 rings (SSSR count). The van der Waals surface area contributed by atoms with Crippen molar-refractivity contribution in [2.45, 2.75) is 32.8 Å². The van der Waals surface area contributed by atoms with E-state index in [-0.39, 0.29) is 11.7 Å². The molecule has 0 aliphatic carbocycles. The van der Waals surface area contributed by atoms with Crippen LogP contribution in [-0.4, -0.2) is 33.8 Å². The van der Waals surface area contributed by atoms with E-state index in [1.807, 2.05) is 25.1 Å². The van der Waals surface area contributed by atoms with Crippen molar-refractivity contribution in [2.75, 3.05) is 18.0 Å². The maximum absolute atomic E-state index is 12.0. The zero-order valence-corrected chi connectivity index (χ0v) is 15.1. The van der Waals surface area contributed by atoms with Gasteiger partial charge >= 0.3 is 0 Å². The highest BCUT2D eigenvalue weighted by Crippen LogP contribution is 2.24. The molecule has 3 heterocycles. The third-order valence-corrected chi connectivity index (χ3v) is 4.81. The van der Waals surface area contributed by atoms with E-state index in [1.165, 1.54) is 22.3 Å². The van der Waals surface area contributed by atoms with E-state index < -0.39 is 0 Å². The molecule has 3 aromatic rings. The summed E-state index contributed by atoms with van der Waals surface area (Å²) in [5.41, 5.74) is 2.68. The molecule has 0 bridgehead atoms. The van der Waals surface area contributed by atoms with Crippen molar-refractivity contribution in [3.8, 4) is 5.75 Å². The van der Waals surface area contributed by atoms with Gasteiger partial charge in [0.1, 0.15) is 11.9 Å². The first-order valence-electron chi connectivity index (χ1n) is 8.94. The van der Waals surface area contributed by atoms with Crippen LogP contribution in [0.3, 0.4) is 0 Å². The summed E-state index contributed by atoms with van der Waals surface area (Å²) in [5, 5.41) is 4.54. The van der Waals surface area contributed by atoms with Crippen molar-refractivity contribution >= 4 is 11.5 Å². The van der Waals surface area contributed by atoms with Gasteiger partial charge in [-0.15, -0.1) is 5.10 Å². The van der Waals surface area contributed by atoms with Gasteiger partial charge in [0, 0.05) is 38.2 Å². The predicted octanol–water partition coefficient (Wildman–Crippen LogP) is 2.75. The third kappa shape index (κ3) is 3.27. The molecule has 1 aromatic carbocycles. The first kappa shape index (κ1) is 16.6. The van der Waals surface area contributed by atoms with Crippen LogP contribution in [0, 0.1) is 13.8 Å². The van der Waals surface area contributed by atoms with Gasteiger partial charge in [0.05, 0.1) is 0 Å². The molecule has 0 unspecified atom stereocenters. The van der Waals surface area contributed by atoms with Crippen LogP contribution in [0.2, 0.25) is 0 Å². The molecule has 0 amide bonds. The monoisotopic (exact) mass is 350 g/mol. The van der Waals surface area contributed by atoms with Gasteiger partial charge < -0.3 is 9.64 Å². The molecule has 1 aliphatic rings. The fraction of sp³-hybridized carbons (Fsp3) is 0.350. The minimum absolute atomic E-state index is 0.158. The van der Waals surface area contributed by atoms with Gasteiger partial charge in [0.25, 0.3) is 5.56 Å². The van der Waals surface area contributed by atoms with Crippen molar-refractivity contribution in [1.29, 1.82) is 0 Å². The highest BCUT2D eigenvalue weighted by molar-refractivity contribution is 5.52. The molecule has 0 saturated carbocycles. The molecule has 0 radical (unpaired) electrons. The maximum atomic E-state index is 12.0. The summed E-state index contributed by atoms with van der Waals surface area (Å²) < 4.78 is 7.47. The van der Waals surface area contributed by atoms with Crippen molar-refractivity contribution in [3.05, 3.63) is 64.1 Å². The summed E-state index contributed by atoms with van der Waals surface area (Å²) >= 11 is 0. The summed E-state index contributed by atoms with van der Waals surface area (Å²) in [5.74, 6) is 1.77.